The van der Waals surface area contributed by atoms with E-state index in [1.54, 1.807) is 0 Å². The number of rotatable bonds is 10. The quantitative estimate of drug-likeness (QED) is 0.206. The van der Waals surface area contributed by atoms with Crippen LogP contribution in [0.5, 0.6) is 5.75 Å². The second-order valence-corrected chi connectivity index (χ2v) is 7.07. The highest BCUT2D eigenvalue weighted by atomic mass is 19.4. The van der Waals surface area contributed by atoms with Crippen LogP contribution in [-0.2, 0) is 11.3 Å². The topological polar surface area (TPSA) is 82.0 Å². The number of amides is 1. The molecule has 0 saturated carbocycles. The molecule has 0 saturated heterocycles. The normalized spacial score (nSPS) is 12.1. The zero-order chi connectivity index (χ0) is 25.5. The van der Waals surface area contributed by atoms with Crippen molar-refractivity contribution in [2.75, 3.05) is 18.1 Å². The number of halogens is 5. The predicted octanol–water partition coefficient (Wildman–Crippen LogP) is 3.88. The van der Waals surface area contributed by atoms with E-state index in [0.29, 0.717) is 22.4 Å². The van der Waals surface area contributed by atoms with Gasteiger partial charge < -0.3 is 25.2 Å². The van der Waals surface area contributed by atoms with Crippen molar-refractivity contribution < 1.29 is 41.7 Å². The van der Waals surface area contributed by atoms with Crippen molar-refractivity contribution in [2.45, 2.75) is 39.4 Å². The number of anilines is 1. The van der Waals surface area contributed by atoms with Crippen LogP contribution in [0.25, 0.3) is 11.1 Å². The molecule has 184 valence electrons. The highest BCUT2D eigenvalue weighted by Gasteiger charge is 2.31. The van der Waals surface area contributed by atoms with E-state index in [4.69, 9.17) is 0 Å². The van der Waals surface area contributed by atoms with Crippen molar-refractivity contribution in [2.24, 2.45) is 0 Å². The van der Waals surface area contributed by atoms with Gasteiger partial charge in [0.15, 0.2) is 0 Å². The molecule has 0 heterocycles. The van der Waals surface area contributed by atoms with Gasteiger partial charge in [-0.25, -0.2) is 0 Å². The maximum atomic E-state index is 14.1. The van der Waals surface area contributed by atoms with Crippen molar-refractivity contribution in [3.05, 3.63) is 47.0 Å². The highest BCUT2D eigenvalue weighted by Crippen LogP contribution is 2.41. The Morgan fingerprint density at radius 2 is 1.88 bits per heavy atom. The Balaban J connectivity index is 2.78. The second-order valence-electron chi connectivity index (χ2n) is 7.07. The Morgan fingerprint density at radius 3 is 2.38 bits per heavy atom. The lowest BCUT2D eigenvalue weighted by Gasteiger charge is -2.31. The van der Waals surface area contributed by atoms with Gasteiger partial charge in [0.25, 0.3) is 0 Å². The largest absolute Gasteiger partial charge is 0.573 e. The van der Waals surface area contributed by atoms with E-state index in [-0.39, 0.29) is 28.9 Å². The average molecular weight is 486 g/mol. The summed E-state index contributed by atoms with van der Waals surface area (Å²) in [5.74, 6) is 4.61. The van der Waals surface area contributed by atoms with Crippen LogP contribution >= 0.6 is 0 Å². The van der Waals surface area contributed by atoms with Gasteiger partial charge in [-0.05, 0) is 54.3 Å². The Kier molecular flexibility index (Phi) is 9.23. The molecule has 0 aromatic heterocycles. The lowest BCUT2D eigenvalue weighted by molar-refractivity contribution is -0.274. The minimum atomic E-state index is -4.88. The van der Waals surface area contributed by atoms with Gasteiger partial charge in [0, 0.05) is 12.1 Å². The number of benzene rings is 2. The van der Waals surface area contributed by atoms with E-state index in [0.717, 1.165) is 12.1 Å². The maximum absolute atomic E-state index is 14.1. The molecule has 2 aromatic carbocycles. The Morgan fingerprint density at radius 1 is 1.24 bits per heavy atom. The van der Waals surface area contributed by atoms with E-state index in [9.17, 15) is 37.0 Å². The summed E-state index contributed by atoms with van der Waals surface area (Å²) < 4.78 is 69.5. The zero-order valence-corrected chi connectivity index (χ0v) is 18.3. The van der Waals surface area contributed by atoms with E-state index < -0.39 is 37.9 Å². The lowest BCUT2D eigenvalue weighted by Crippen LogP contribution is -2.32. The lowest BCUT2D eigenvalue weighted by atomic mass is 9.89. The molecule has 34 heavy (non-hydrogen) atoms. The predicted molar refractivity (Wildman–Crippen MR) is 115 cm³/mol. The van der Waals surface area contributed by atoms with Crippen LogP contribution < -0.4 is 15.0 Å². The molecule has 11 heteroatoms. The first kappa shape index (κ1) is 26.9. The van der Waals surface area contributed by atoms with Crippen LogP contribution in [-0.4, -0.2) is 42.7 Å². The average Bonchev–Trinajstić information content (AvgIpc) is 2.78. The Hall–Kier alpha value is -3.36. The third kappa shape index (κ3) is 6.59. The number of carbonyl (C=O) groups is 1. The van der Waals surface area contributed by atoms with Gasteiger partial charge in [0.05, 0.1) is 18.8 Å². The van der Waals surface area contributed by atoms with Gasteiger partial charge in [-0.15, -0.1) is 19.1 Å². The van der Waals surface area contributed by atoms with Crippen molar-refractivity contribution in [3.63, 3.8) is 0 Å². The third-order valence-electron chi connectivity index (χ3n) is 4.91. The summed E-state index contributed by atoms with van der Waals surface area (Å²) in [7, 11) is 0. The van der Waals surface area contributed by atoms with Crippen molar-refractivity contribution >= 4 is 12.1 Å². The van der Waals surface area contributed by atoms with Crippen LogP contribution in [0.2, 0.25) is 0 Å². The molecule has 0 aliphatic rings. The van der Waals surface area contributed by atoms with Crippen molar-refractivity contribution in [3.8, 4) is 28.7 Å². The first-order valence-corrected chi connectivity index (χ1v) is 9.96. The van der Waals surface area contributed by atoms with E-state index in [1.165, 1.54) is 32.0 Å². The fraction of sp³-hybridized carbons (Fsp3) is 0.348. The SMILES string of the molecule is CC#CCN(c1c(C)c(-c2ccc(OC(F)(F)F)cc2)cc(CNC=O)c1C(O)CO)C(F)F. The van der Waals surface area contributed by atoms with Crippen LogP contribution in [0.4, 0.5) is 27.6 Å². The van der Waals surface area contributed by atoms with E-state index in [2.05, 4.69) is 21.9 Å². The number of alkyl halides is 5. The fourth-order valence-corrected chi connectivity index (χ4v) is 3.52. The Labute approximate surface area is 193 Å². The first-order valence-electron chi connectivity index (χ1n) is 9.96. The number of hydrogen-bond acceptors (Lipinski definition) is 5. The molecule has 0 aliphatic carbocycles. The van der Waals surface area contributed by atoms with Crippen LogP contribution in [0.15, 0.2) is 30.3 Å². The summed E-state index contributed by atoms with van der Waals surface area (Å²) >= 11 is 0. The minimum Gasteiger partial charge on any atom is -0.406 e. The monoisotopic (exact) mass is 486 g/mol. The third-order valence-corrected chi connectivity index (χ3v) is 4.91. The molecule has 3 N–H and O–H groups in total. The van der Waals surface area contributed by atoms with Crippen LogP contribution in [0.3, 0.4) is 0 Å². The summed E-state index contributed by atoms with van der Waals surface area (Å²) in [4.78, 5) is 11.5. The second kappa shape index (κ2) is 11.7. The first-order chi connectivity index (χ1) is 16.0. The summed E-state index contributed by atoms with van der Waals surface area (Å²) in [6.45, 7) is -1.40. The summed E-state index contributed by atoms with van der Waals surface area (Å²) in [6, 6.07) is 6.32. The molecule has 1 atom stereocenters. The van der Waals surface area contributed by atoms with Gasteiger partial charge >= 0.3 is 12.9 Å². The Bertz CT molecular complexity index is 1050. The van der Waals surface area contributed by atoms with Gasteiger partial charge in [0.1, 0.15) is 11.9 Å². The molecule has 0 radical (unpaired) electrons. The van der Waals surface area contributed by atoms with Gasteiger partial charge in [-0.1, -0.05) is 18.1 Å². The summed E-state index contributed by atoms with van der Waals surface area (Å²) in [6.07, 6.45) is -6.05. The molecule has 0 bridgehead atoms. The molecular weight excluding hydrogens is 463 g/mol. The van der Waals surface area contributed by atoms with Gasteiger partial charge in [-0.3, -0.25) is 4.79 Å². The molecule has 1 unspecified atom stereocenters. The summed E-state index contributed by atoms with van der Waals surface area (Å²) in [5.41, 5.74) is 1.11. The van der Waals surface area contributed by atoms with E-state index >= 15 is 0 Å². The number of hydrogen-bond donors (Lipinski definition) is 3. The smallest absolute Gasteiger partial charge is 0.406 e. The van der Waals surface area contributed by atoms with Crippen molar-refractivity contribution in [1.29, 1.82) is 0 Å². The standard InChI is InChI=1S/C23H23F5N2O4/c1-3-4-9-30(22(24)25)21-14(2)18(10-16(11-29-13-32)20(21)19(33)12-31)15-5-7-17(8-6-15)34-23(26,27)28/h5-8,10,13,19,22,31,33H,9,11-12H2,1-2H3,(H,29,32). The molecule has 0 fully saturated rings. The number of aliphatic hydroxyl groups excluding tert-OH is 2. The highest BCUT2D eigenvalue weighted by molar-refractivity contribution is 5.79. The number of nitrogens with one attached hydrogen (secondary N) is 1. The van der Waals surface area contributed by atoms with E-state index in [1.807, 2.05) is 0 Å². The molecule has 0 spiro atoms. The maximum Gasteiger partial charge on any atom is 0.573 e. The molecule has 2 rings (SSSR count). The minimum absolute atomic E-state index is 0.0201. The summed E-state index contributed by atoms with van der Waals surface area (Å²) in [5, 5.41) is 22.5. The van der Waals surface area contributed by atoms with Crippen LogP contribution in [0.1, 0.15) is 29.7 Å². The number of nitrogens with zero attached hydrogens (tertiary/aromatic N) is 1. The van der Waals surface area contributed by atoms with Gasteiger partial charge in [-0.2, -0.15) is 8.78 Å². The molecule has 1 amide bonds. The van der Waals surface area contributed by atoms with Crippen molar-refractivity contribution in [1.82, 2.24) is 5.32 Å². The number of aliphatic hydroxyl groups is 2. The molecule has 0 aliphatic heterocycles. The molecular formula is C23H23F5N2O4. The number of ether oxygens (including phenoxy) is 1. The molecule has 2 aromatic rings. The zero-order valence-electron chi connectivity index (χ0n) is 18.3. The van der Waals surface area contributed by atoms with Gasteiger partial charge in [0.2, 0.25) is 6.41 Å². The fourth-order valence-electron chi connectivity index (χ4n) is 3.52. The molecule has 6 nitrogen and oxygen atoms in total. The number of carbonyl (C=O) groups excluding carboxylic acids is 1. The van der Waals surface area contributed by atoms with Crippen LogP contribution in [0, 0.1) is 18.8 Å².